The Morgan fingerprint density at radius 2 is 1.43 bits per heavy atom. The van der Waals surface area contributed by atoms with E-state index in [0.29, 0.717) is 32.7 Å². The summed E-state index contributed by atoms with van der Waals surface area (Å²) in [6.07, 6.45) is 1.60. The van der Waals surface area contributed by atoms with Crippen molar-refractivity contribution in [1.82, 2.24) is 0 Å². The highest BCUT2D eigenvalue weighted by Gasteiger charge is 2.38. The van der Waals surface area contributed by atoms with E-state index < -0.39 is 0 Å². The van der Waals surface area contributed by atoms with Crippen molar-refractivity contribution in [2.75, 3.05) is 26.8 Å². The Hall–Kier alpha value is -2.44. The van der Waals surface area contributed by atoms with Gasteiger partial charge in [-0.1, -0.05) is 12.1 Å². The average molecular weight is 384 g/mol. The van der Waals surface area contributed by atoms with E-state index >= 15 is 0 Å². The molecule has 3 aliphatic rings. The number of hydrogen-bond acceptors (Lipinski definition) is 6. The molecule has 1 saturated heterocycles. The number of hydrogen-bond donors (Lipinski definition) is 0. The minimum absolute atomic E-state index is 0.186. The predicted molar refractivity (Wildman–Crippen MR) is 101 cm³/mol. The number of fused-ring (bicyclic) bond motifs is 2. The molecule has 6 heteroatoms. The van der Waals surface area contributed by atoms with Gasteiger partial charge in [-0.15, -0.1) is 0 Å². The van der Waals surface area contributed by atoms with Gasteiger partial charge in [0.2, 0.25) is 13.6 Å². The third-order valence-corrected chi connectivity index (χ3v) is 5.60. The van der Waals surface area contributed by atoms with Crippen LogP contribution in [0.15, 0.2) is 36.4 Å². The van der Waals surface area contributed by atoms with E-state index in [1.54, 1.807) is 0 Å². The lowest BCUT2D eigenvalue weighted by Crippen LogP contribution is -2.26. The fourth-order valence-electron chi connectivity index (χ4n) is 4.21. The Balaban J connectivity index is 1.34. The van der Waals surface area contributed by atoms with Crippen LogP contribution in [-0.2, 0) is 22.3 Å². The van der Waals surface area contributed by atoms with Gasteiger partial charge in [-0.05, 0) is 61.1 Å². The summed E-state index contributed by atoms with van der Waals surface area (Å²) in [6, 6.07) is 12.3. The molecular formula is C22H24O6. The predicted octanol–water partition coefficient (Wildman–Crippen LogP) is 3.55. The quantitative estimate of drug-likeness (QED) is 0.759. The fraction of sp³-hybridized carbons (Fsp3) is 0.455. The second-order valence-electron chi connectivity index (χ2n) is 7.36. The zero-order valence-corrected chi connectivity index (χ0v) is 15.9. The van der Waals surface area contributed by atoms with Crippen molar-refractivity contribution in [1.29, 1.82) is 0 Å². The first-order chi connectivity index (χ1) is 13.8. The summed E-state index contributed by atoms with van der Waals surface area (Å²) in [5, 5.41) is 0. The van der Waals surface area contributed by atoms with E-state index in [4.69, 9.17) is 28.4 Å². The van der Waals surface area contributed by atoms with Crippen LogP contribution in [0.2, 0.25) is 0 Å². The molecule has 6 nitrogen and oxygen atoms in total. The molecule has 0 aliphatic carbocycles. The van der Waals surface area contributed by atoms with Crippen molar-refractivity contribution >= 4 is 0 Å². The summed E-state index contributed by atoms with van der Waals surface area (Å²) in [4.78, 5) is 0. The number of rotatable bonds is 6. The first-order valence-corrected chi connectivity index (χ1v) is 9.80. The standard InChI is InChI=1S/C22H24O6/c1-2-23-22-17(8-15-4-6-19-21(10-15)28-13-26-19)16(11-24-22)7-14-3-5-18-20(9-14)27-12-25-18/h3-6,9-10,16-17,22H,2,7-8,11-13H2,1H3/t16-,17+,22+/m0/s1. The van der Waals surface area contributed by atoms with Gasteiger partial charge < -0.3 is 28.4 Å². The maximum absolute atomic E-state index is 6.01. The molecule has 0 radical (unpaired) electrons. The van der Waals surface area contributed by atoms with Gasteiger partial charge in [0.15, 0.2) is 29.3 Å². The monoisotopic (exact) mass is 384 g/mol. The maximum atomic E-state index is 6.01. The number of ether oxygens (including phenoxy) is 6. The first-order valence-electron chi connectivity index (χ1n) is 9.80. The molecule has 148 valence electrons. The molecule has 2 aromatic carbocycles. The van der Waals surface area contributed by atoms with Crippen molar-refractivity contribution in [3.8, 4) is 23.0 Å². The normalized spacial score (nSPS) is 24.7. The minimum atomic E-state index is -0.186. The lowest BCUT2D eigenvalue weighted by Gasteiger charge is -2.23. The summed E-state index contributed by atoms with van der Waals surface area (Å²) in [6.45, 7) is 3.92. The summed E-state index contributed by atoms with van der Waals surface area (Å²) in [7, 11) is 0. The molecule has 0 unspecified atom stereocenters. The van der Waals surface area contributed by atoms with Crippen molar-refractivity contribution in [3.63, 3.8) is 0 Å². The van der Waals surface area contributed by atoms with E-state index in [1.165, 1.54) is 11.1 Å². The molecule has 0 spiro atoms. The molecule has 0 amide bonds. The second kappa shape index (κ2) is 7.53. The molecule has 0 saturated carbocycles. The molecule has 0 bridgehead atoms. The molecule has 3 atom stereocenters. The van der Waals surface area contributed by atoms with E-state index in [2.05, 4.69) is 24.3 Å². The summed E-state index contributed by atoms with van der Waals surface area (Å²) in [5.41, 5.74) is 2.44. The first kappa shape index (κ1) is 17.6. The van der Waals surface area contributed by atoms with E-state index in [0.717, 1.165) is 35.8 Å². The topological polar surface area (TPSA) is 55.4 Å². The average Bonchev–Trinajstić information content (AvgIpc) is 3.43. The summed E-state index contributed by atoms with van der Waals surface area (Å²) >= 11 is 0. The molecule has 0 N–H and O–H groups in total. The van der Waals surface area contributed by atoms with Gasteiger partial charge in [-0.25, -0.2) is 0 Å². The van der Waals surface area contributed by atoms with Gasteiger partial charge in [0.05, 0.1) is 6.61 Å². The lowest BCUT2D eigenvalue weighted by atomic mass is 9.84. The third-order valence-electron chi connectivity index (χ3n) is 5.60. The molecule has 3 heterocycles. The van der Waals surface area contributed by atoms with Crippen LogP contribution < -0.4 is 18.9 Å². The van der Waals surface area contributed by atoms with Crippen molar-refractivity contribution in [2.45, 2.75) is 26.1 Å². The largest absolute Gasteiger partial charge is 0.454 e. The second-order valence-corrected chi connectivity index (χ2v) is 7.36. The third kappa shape index (κ3) is 3.38. The van der Waals surface area contributed by atoms with Crippen LogP contribution in [0.25, 0.3) is 0 Å². The zero-order chi connectivity index (χ0) is 18.9. The van der Waals surface area contributed by atoms with Gasteiger partial charge in [0, 0.05) is 12.5 Å². The molecule has 28 heavy (non-hydrogen) atoms. The Bertz CT molecular complexity index is 851. The van der Waals surface area contributed by atoms with Crippen LogP contribution >= 0.6 is 0 Å². The van der Waals surface area contributed by atoms with Crippen LogP contribution in [0.3, 0.4) is 0 Å². The van der Waals surface area contributed by atoms with Crippen LogP contribution in [0.5, 0.6) is 23.0 Å². The Morgan fingerprint density at radius 3 is 2.07 bits per heavy atom. The molecule has 5 rings (SSSR count). The summed E-state index contributed by atoms with van der Waals surface area (Å²) < 4.78 is 33.8. The van der Waals surface area contributed by atoms with E-state index in [-0.39, 0.29) is 12.2 Å². The van der Waals surface area contributed by atoms with Gasteiger partial charge >= 0.3 is 0 Å². The van der Waals surface area contributed by atoms with Crippen LogP contribution in [0.1, 0.15) is 18.1 Å². The van der Waals surface area contributed by atoms with Crippen LogP contribution in [0, 0.1) is 11.8 Å². The van der Waals surface area contributed by atoms with Gasteiger partial charge in [0.1, 0.15) is 0 Å². The summed E-state index contributed by atoms with van der Waals surface area (Å²) in [5.74, 6) is 3.90. The van der Waals surface area contributed by atoms with Gasteiger partial charge in [0.25, 0.3) is 0 Å². The SMILES string of the molecule is CCO[C@@H]1OC[C@H](Cc2ccc3c(c2)OCO3)[C@H]1Cc1ccc2c(c1)OCO2. The molecule has 3 aliphatic heterocycles. The highest BCUT2D eigenvalue weighted by molar-refractivity contribution is 5.45. The molecule has 1 fully saturated rings. The van der Waals surface area contributed by atoms with Gasteiger partial charge in [-0.3, -0.25) is 0 Å². The Labute approximate surface area is 164 Å². The smallest absolute Gasteiger partial charge is 0.231 e. The maximum Gasteiger partial charge on any atom is 0.231 e. The number of benzene rings is 2. The van der Waals surface area contributed by atoms with E-state index in [9.17, 15) is 0 Å². The molecule has 0 aromatic heterocycles. The van der Waals surface area contributed by atoms with Crippen molar-refractivity contribution in [3.05, 3.63) is 47.5 Å². The zero-order valence-electron chi connectivity index (χ0n) is 15.9. The van der Waals surface area contributed by atoms with Crippen LogP contribution in [0.4, 0.5) is 0 Å². The Morgan fingerprint density at radius 1 is 0.821 bits per heavy atom. The van der Waals surface area contributed by atoms with Crippen molar-refractivity contribution in [2.24, 2.45) is 11.8 Å². The highest BCUT2D eigenvalue weighted by atomic mass is 16.7. The van der Waals surface area contributed by atoms with E-state index in [1.807, 2.05) is 19.1 Å². The van der Waals surface area contributed by atoms with Gasteiger partial charge in [-0.2, -0.15) is 0 Å². The Kier molecular flexibility index (Phi) is 4.74. The molecule has 2 aromatic rings. The fourth-order valence-corrected chi connectivity index (χ4v) is 4.21. The molecular weight excluding hydrogens is 360 g/mol. The lowest BCUT2D eigenvalue weighted by molar-refractivity contribution is -0.127. The van der Waals surface area contributed by atoms with Crippen molar-refractivity contribution < 1.29 is 28.4 Å². The van der Waals surface area contributed by atoms with Crippen LogP contribution in [-0.4, -0.2) is 33.1 Å². The minimum Gasteiger partial charge on any atom is -0.454 e. The highest BCUT2D eigenvalue weighted by Crippen LogP contribution is 2.39.